The number of amides is 2. The number of ether oxygens (including phenoxy) is 1. The van der Waals surface area contributed by atoms with Gasteiger partial charge in [-0.05, 0) is 38.3 Å². The van der Waals surface area contributed by atoms with Crippen LogP contribution in [0, 0.1) is 6.92 Å². The number of aromatic nitrogens is 1. The number of pyridine rings is 1. The summed E-state index contributed by atoms with van der Waals surface area (Å²) in [4.78, 5) is 33.5. The third kappa shape index (κ3) is 2.69. The standard InChI is InChI=1S/C18H23N3O3/c1-12-4-2-5-13(19-12)11-21-14-7-8-20(15(14)10-17(21)22)18(23)16-6-3-9-24-16/h2,4-5,14-16H,3,6-11H2,1H3/t14-,15+,16?/m1/s1. The Kier molecular flexibility index (Phi) is 4.00. The molecule has 6 heteroatoms. The highest BCUT2D eigenvalue weighted by molar-refractivity contribution is 5.85. The number of likely N-dealkylation sites (tertiary alicyclic amines) is 2. The first kappa shape index (κ1) is 15.6. The summed E-state index contributed by atoms with van der Waals surface area (Å²) >= 11 is 0. The van der Waals surface area contributed by atoms with E-state index in [1.54, 1.807) is 0 Å². The monoisotopic (exact) mass is 329 g/mol. The highest BCUT2D eigenvalue weighted by atomic mass is 16.5. The fourth-order valence-corrected chi connectivity index (χ4v) is 4.23. The molecule has 3 saturated heterocycles. The zero-order chi connectivity index (χ0) is 16.7. The largest absolute Gasteiger partial charge is 0.368 e. The maximum atomic E-state index is 12.7. The second-order valence-corrected chi connectivity index (χ2v) is 6.95. The first-order valence-electron chi connectivity index (χ1n) is 8.77. The summed E-state index contributed by atoms with van der Waals surface area (Å²) in [7, 11) is 0. The minimum Gasteiger partial charge on any atom is -0.368 e. The van der Waals surface area contributed by atoms with E-state index in [2.05, 4.69) is 4.98 Å². The maximum absolute atomic E-state index is 12.7. The third-order valence-electron chi connectivity index (χ3n) is 5.38. The Balaban J connectivity index is 1.48. The van der Waals surface area contributed by atoms with Crippen LogP contribution in [0.3, 0.4) is 0 Å². The predicted octanol–water partition coefficient (Wildman–Crippen LogP) is 1.27. The maximum Gasteiger partial charge on any atom is 0.252 e. The van der Waals surface area contributed by atoms with Crippen molar-refractivity contribution in [1.29, 1.82) is 0 Å². The second kappa shape index (κ2) is 6.16. The molecule has 1 unspecified atom stereocenters. The smallest absolute Gasteiger partial charge is 0.252 e. The molecule has 2 amide bonds. The van der Waals surface area contributed by atoms with Gasteiger partial charge < -0.3 is 14.5 Å². The quantitative estimate of drug-likeness (QED) is 0.838. The molecule has 0 spiro atoms. The number of aryl methyl sites for hydroxylation is 1. The Morgan fingerprint density at radius 2 is 2.21 bits per heavy atom. The second-order valence-electron chi connectivity index (χ2n) is 6.95. The lowest BCUT2D eigenvalue weighted by Gasteiger charge is -2.26. The van der Waals surface area contributed by atoms with Gasteiger partial charge in [-0.3, -0.25) is 14.6 Å². The van der Waals surface area contributed by atoms with E-state index >= 15 is 0 Å². The van der Waals surface area contributed by atoms with Crippen LogP contribution in [0.15, 0.2) is 18.2 Å². The van der Waals surface area contributed by atoms with E-state index < -0.39 is 0 Å². The molecule has 0 N–H and O–H groups in total. The van der Waals surface area contributed by atoms with Crippen LogP contribution in [0.25, 0.3) is 0 Å². The Bertz CT molecular complexity index is 657. The molecule has 1 aromatic rings. The summed E-state index contributed by atoms with van der Waals surface area (Å²) in [5.74, 6) is 0.196. The van der Waals surface area contributed by atoms with Crippen molar-refractivity contribution in [2.45, 2.75) is 57.3 Å². The Morgan fingerprint density at radius 1 is 1.33 bits per heavy atom. The van der Waals surface area contributed by atoms with Crippen LogP contribution in [0.5, 0.6) is 0 Å². The molecule has 4 heterocycles. The van der Waals surface area contributed by atoms with Crippen molar-refractivity contribution in [3.63, 3.8) is 0 Å². The number of hydrogen-bond acceptors (Lipinski definition) is 4. The average Bonchev–Trinajstić information content (AvgIpc) is 3.26. The zero-order valence-electron chi connectivity index (χ0n) is 14.0. The van der Waals surface area contributed by atoms with Crippen LogP contribution in [0.2, 0.25) is 0 Å². The molecule has 3 aliphatic rings. The van der Waals surface area contributed by atoms with Crippen molar-refractivity contribution in [3.8, 4) is 0 Å². The molecule has 3 atom stereocenters. The van der Waals surface area contributed by atoms with Gasteiger partial charge in [0.25, 0.3) is 5.91 Å². The van der Waals surface area contributed by atoms with Gasteiger partial charge in [0.1, 0.15) is 6.10 Å². The van der Waals surface area contributed by atoms with Gasteiger partial charge in [-0.15, -0.1) is 0 Å². The number of hydrogen-bond donors (Lipinski definition) is 0. The predicted molar refractivity (Wildman–Crippen MR) is 87.0 cm³/mol. The van der Waals surface area contributed by atoms with E-state index in [4.69, 9.17) is 4.74 Å². The van der Waals surface area contributed by atoms with Crippen LogP contribution in [0.1, 0.15) is 37.1 Å². The molecule has 0 radical (unpaired) electrons. The molecule has 3 aliphatic heterocycles. The van der Waals surface area contributed by atoms with E-state index in [1.807, 2.05) is 34.9 Å². The summed E-state index contributed by atoms with van der Waals surface area (Å²) in [5.41, 5.74) is 1.87. The Hall–Kier alpha value is -1.95. The number of fused-ring (bicyclic) bond motifs is 1. The van der Waals surface area contributed by atoms with Crippen molar-refractivity contribution >= 4 is 11.8 Å². The molecule has 6 nitrogen and oxygen atoms in total. The van der Waals surface area contributed by atoms with Crippen LogP contribution in [-0.4, -0.2) is 57.9 Å². The number of carbonyl (C=O) groups is 2. The zero-order valence-corrected chi connectivity index (χ0v) is 14.0. The summed E-state index contributed by atoms with van der Waals surface area (Å²) in [6.45, 7) is 3.88. The molecule has 0 bridgehead atoms. The first-order chi connectivity index (χ1) is 11.6. The Morgan fingerprint density at radius 3 is 2.96 bits per heavy atom. The van der Waals surface area contributed by atoms with E-state index in [9.17, 15) is 9.59 Å². The van der Waals surface area contributed by atoms with Gasteiger partial charge in [-0.25, -0.2) is 0 Å². The first-order valence-corrected chi connectivity index (χ1v) is 8.77. The van der Waals surface area contributed by atoms with Gasteiger partial charge in [0.2, 0.25) is 5.91 Å². The SMILES string of the molecule is Cc1cccc(CN2C(=O)C[C@H]3[C@H]2CCN3C(=O)C2CCCO2)n1. The summed E-state index contributed by atoms with van der Waals surface area (Å²) in [5, 5.41) is 0. The van der Waals surface area contributed by atoms with Gasteiger partial charge >= 0.3 is 0 Å². The Labute approximate surface area is 141 Å². The van der Waals surface area contributed by atoms with Crippen molar-refractivity contribution in [3.05, 3.63) is 29.6 Å². The molecule has 3 fully saturated rings. The summed E-state index contributed by atoms with van der Waals surface area (Å²) in [6.07, 6.45) is 2.72. The fraction of sp³-hybridized carbons (Fsp3) is 0.611. The molecule has 24 heavy (non-hydrogen) atoms. The minimum absolute atomic E-state index is 0.000917. The van der Waals surface area contributed by atoms with Crippen LogP contribution < -0.4 is 0 Å². The number of nitrogens with zero attached hydrogens (tertiary/aromatic N) is 3. The van der Waals surface area contributed by atoms with Gasteiger partial charge in [-0.2, -0.15) is 0 Å². The normalized spacial score (nSPS) is 29.4. The van der Waals surface area contributed by atoms with Gasteiger partial charge in [0.05, 0.1) is 24.3 Å². The highest BCUT2D eigenvalue weighted by Gasteiger charge is 2.49. The highest BCUT2D eigenvalue weighted by Crippen LogP contribution is 2.34. The lowest BCUT2D eigenvalue weighted by Crippen LogP contribution is -2.44. The van der Waals surface area contributed by atoms with Crippen LogP contribution in [-0.2, 0) is 20.9 Å². The fourth-order valence-electron chi connectivity index (χ4n) is 4.23. The molecule has 128 valence electrons. The van der Waals surface area contributed by atoms with Crippen molar-refractivity contribution in [2.75, 3.05) is 13.2 Å². The molecule has 0 aromatic carbocycles. The summed E-state index contributed by atoms with van der Waals surface area (Å²) < 4.78 is 5.54. The van der Waals surface area contributed by atoms with Gasteiger partial charge in [0, 0.05) is 25.3 Å². The lowest BCUT2D eigenvalue weighted by atomic mass is 10.1. The van der Waals surface area contributed by atoms with Crippen LogP contribution >= 0.6 is 0 Å². The summed E-state index contributed by atoms with van der Waals surface area (Å²) in [6, 6.07) is 6.00. The lowest BCUT2D eigenvalue weighted by molar-refractivity contribution is -0.141. The van der Waals surface area contributed by atoms with Crippen molar-refractivity contribution in [2.24, 2.45) is 0 Å². The van der Waals surface area contributed by atoms with E-state index in [1.165, 1.54) is 0 Å². The number of carbonyl (C=O) groups excluding carboxylic acids is 2. The molecule has 0 aliphatic carbocycles. The number of rotatable bonds is 3. The van der Waals surface area contributed by atoms with E-state index in [0.717, 1.165) is 37.2 Å². The van der Waals surface area contributed by atoms with Crippen molar-refractivity contribution < 1.29 is 14.3 Å². The topological polar surface area (TPSA) is 62.7 Å². The molecule has 4 rings (SSSR count). The molecular formula is C18H23N3O3. The van der Waals surface area contributed by atoms with E-state index in [-0.39, 0.29) is 30.0 Å². The van der Waals surface area contributed by atoms with Gasteiger partial charge in [-0.1, -0.05) is 6.07 Å². The van der Waals surface area contributed by atoms with Gasteiger partial charge in [0.15, 0.2) is 0 Å². The molecule has 0 saturated carbocycles. The molecular weight excluding hydrogens is 306 g/mol. The minimum atomic E-state index is -0.300. The van der Waals surface area contributed by atoms with Crippen LogP contribution in [0.4, 0.5) is 0 Å². The van der Waals surface area contributed by atoms with Crippen molar-refractivity contribution in [1.82, 2.24) is 14.8 Å². The average molecular weight is 329 g/mol. The third-order valence-corrected chi connectivity index (χ3v) is 5.38. The molecule has 1 aromatic heterocycles. The van der Waals surface area contributed by atoms with E-state index in [0.29, 0.717) is 19.6 Å².